The lowest BCUT2D eigenvalue weighted by Crippen LogP contribution is -1.88. The van der Waals surface area contributed by atoms with Crippen molar-refractivity contribution < 1.29 is 0 Å². The molecule has 1 nitrogen and oxygen atoms in total. The molecule has 1 aromatic carbocycles. The second-order valence-electron chi connectivity index (χ2n) is 2.47. The molecule has 0 fully saturated rings. The van der Waals surface area contributed by atoms with E-state index in [0.29, 0.717) is 0 Å². The second-order valence-corrected chi connectivity index (χ2v) is 4.24. The lowest BCUT2D eigenvalue weighted by atomic mass is 10.1. The first kappa shape index (κ1) is 9.76. The van der Waals surface area contributed by atoms with E-state index >= 15 is 0 Å². The highest BCUT2D eigenvalue weighted by Crippen LogP contribution is 2.28. The van der Waals surface area contributed by atoms with Gasteiger partial charge in [0, 0.05) is 21.4 Å². The highest BCUT2D eigenvalue weighted by atomic mass is 79.9. The zero-order valence-electron chi connectivity index (χ0n) is 6.51. The molecule has 0 saturated carbocycles. The quantitative estimate of drug-likeness (QED) is 0.683. The predicted molar refractivity (Wildman–Crippen MR) is 56.9 cm³/mol. The zero-order chi connectivity index (χ0) is 9.14. The fourth-order valence-corrected chi connectivity index (χ4v) is 1.86. The lowest BCUT2D eigenvalue weighted by Gasteiger charge is -2.02. The Bertz CT molecular complexity index is 328. The van der Waals surface area contributed by atoms with E-state index in [1.807, 2.05) is 25.1 Å². The van der Waals surface area contributed by atoms with Gasteiger partial charge in [0.25, 0.3) is 0 Å². The highest BCUT2D eigenvalue weighted by Gasteiger charge is 2.12. The third kappa shape index (κ3) is 2.09. The van der Waals surface area contributed by atoms with Crippen molar-refractivity contribution in [1.82, 2.24) is 0 Å². The summed E-state index contributed by atoms with van der Waals surface area (Å²) in [6, 6.07) is 5.77. The van der Waals surface area contributed by atoms with Gasteiger partial charge in [0.2, 0.25) is 6.04 Å². The van der Waals surface area contributed by atoms with Gasteiger partial charge in [0.05, 0.1) is 0 Å². The SMILES string of the molecule is [C-]#[N+]C(C)c1cc(Br)ccc1Br. The number of rotatable bonds is 1. The van der Waals surface area contributed by atoms with Crippen molar-refractivity contribution in [3.63, 3.8) is 0 Å². The van der Waals surface area contributed by atoms with Crippen LogP contribution in [-0.2, 0) is 0 Å². The Morgan fingerprint density at radius 3 is 2.67 bits per heavy atom. The van der Waals surface area contributed by atoms with E-state index in [1.165, 1.54) is 0 Å². The second kappa shape index (κ2) is 4.06. The summed E-state index contributed by atoms with van der Waals surface area (Å²) >= 11 is 6.78. The van der Waals surface area contributed by atoms with Crippen LogP contribution in [0, 0.1) is 6.57 Å². The summed E-state index contributed by atoms with van der Waals surface area (Å²) in [5.41, 5.74) is 1.03. The lowest BCUT2D eigenvalue weighted by molar-refractivity contribution is 0.952. The fraction of sp³-hybridized carbons (Fsp3) is 0.222. The summed E-state index contributed by atoms with van der Waals surface area (Å²) in [7, 11) is 0. The van der Waals surface area contributed by atoms with E-state index in [4.69, 9.17) is 6.57 Å². The first-order valence-corrected chi connectivity index (χ1v) is 5.05. The average molecular weight is 289 g/mol. The molecule has 1 unspecified atom stereocenters. The molecule has 62 valence electrons. The van der Waals surface area contributed by atoms with E-state index in [1.54, 1.807) is 0 Å². The number of hydrogen-bond acceptors (Lipinski definition) is 0. The van der Waals surface area contributed by atoms with Gasteiger partial charge in [0.1, 0.15) is 0 Å². The Hall–Kier alpha value is -0.330. The number of hydrogen-bond donors (Lipinski definition) is 0. The maximum absolute atomic E-state index is 6.90. The molecule has 0 amide bonds. The number of nitrogens with zero attached hydrogens (tertiary/aromatic N) is 1. The summed E-state index contributed by atoms with van der Waals surface area (Å²) in [5, 5.41) is 0. The minimum atomic E-state index is -0.0862. The van der Waals surface area contributed by atoms with Crippen LogP contribution in [0.15, 0.2) is 27.1 Å². The largest absolute Gasteiger partial charge is 0.309 e. The molecule has 0 saturated heterocycles. The van der Waals surface area contributed by atoms with Gasteiger partial charge in [-0.25, -0.2) is 6.57 Å². The van der Waals surface area contributed by atoms with Gasteiger partial charge in [-0.3, -0.25) is 0 Å². The topological polar surface area (TPSA) is 4.36 Å². The molecule has 0 N–H and O–H groups in total. The van der Waals surface area contributed by atoms with Crippen LogP contribution in [0.3, 0.4) is 0 Å². The van der Waals surface area contributed by atoms with Crippen molar-refractivity contribution in [1.29, 1.82) is 0 Å². The highest BCUT2D eigenvalue weighted by molar-refractivity contribution is 9.11. The van der Waals surface area contributed by atoms with Crippen LogP contribution in [0.25, 0.3) is 4.85 Å². The number of benzene rings is 1. The van der Waals surface area contributed by atoms with Crippen LogP contribution in [0.5, 0.6) is 0 Å². The van der Waals surface area contributed by atoms with Gasteiger partial charge in [-0.2, -0.15) is 0 Å². The van der Waals surface area contributed by atoms with Gasteiger partial charge in [-0.05, 0) is 18.2 Å². The normalized spacial score (nSPS) is 12.2. The first-order valence-electron chi connectivity index (χ1n) is 3.46. The molecule has 0 heterocycles. The Balaban J connectivity index is 3.15. The fourth-order valence-electron chi connectivity index (χ4n) is 0.904. The van der Waals surface area contributed by atoms with Gasteiger partial charge in [-0.15, -0.1) is 0 Å². The molecule has 0 spiro atoms. The molecule has 0 bridgehead atoms. The maximum atomic E-state index is 6.90. The van der Waals surface area contributed by atoms with Crippen LogP contribution in [0.4, 0.5) is 0 Å². The van der Waals surface area contributed by atoms with Crippen LogP contribution in [-0.4, -0.2) is 0 Å². The molecule has 0 radical (unpaired) electrons. The predicted octanol–water partition coefficient (Wildman–Crippen LogP) is 4.19. The zero-order valence-corrected chi connectivity index (χ0v) is 9.68. The van der Waals surface area contributed by atoms with Crippen molar-refractivity contribution in [2.45, 2.75) is 13.0 Å². The van der Waals surface area contributed by atoms with E-state index in [9.17, 15) is 0 Å². The molecule has 0 aliphatic rings. The van der Waals surface area contributed by atoms with E-state index in [0.717, 1.165) is 14.5 Å². The molecule has 1 rings (SSSR count). The van der Waals surface area contributed by atoms with E-state index in [-0.39, 0.29) is 6.04 Å². The maximum Gasteiger partial charge on any atom is 0.247 e. The van der Waals surface area contributed by atoms with Crippen LogP contribution in [0.1, 0.15) is 18.5 Å². The number of halogens is 2. The van der Waals surface area contributed by atoms with Crippen molar-refractivity contribution >= 4 is 31.9 Å². The third-order valence-corrected chi connectivity index (χ3v) is 2.82. The first-order chi connectivity index (χ1) is 5.65. The van der Waals surface area contributed by atoms with Crippen molar-refractivity contribution in [2.24, 2.45) is 0 Å². The van der Waals surface area contributed by atoms with Gasteiger partial charge in [-0.1, -0.05) is 31.9 Å². The molecule has 3 heteroatoms. The Labute approximate surface area is 88.9 Å². The van der Waals surface area contributed by atoms with Crippen LogP contribution in [0.2, 0.25) is 0 Å². The van der Waals surface area contributed by atoms with Gasteiger partial charge < -0.3 is 4.85 Å². The van der Waals surface area contributed by atoms with Gasteiger partial charge in [0.15, 0.2) is 0 Å². The summed E-state index contributed by atoms with van der Waals surface area (Å²) in [6.07, 6.45) is 0. The Kier molecular flexibility index (Phi) is 3.30. The minimum absolute atomic E-state index is 0.0862. The van der Waals surface area contributed by atoms with Crippen molar-refractivity contribution in [2.75, 3.05) is 0 Å². The van der Waals surface area contributed by atoms with E-state index in [2.05, 4.69) is 36.7 Å². The summed E-state index contributed by atoms with van der Waals surface area (Å²) < 4.78 is 2.01. The Morgan fingerprint density at radius 1 is 1.42 bits per heavy atom. The monoisotopic (exact) mass is 287 g/mol. The summed E-state index contributed by atoms with van der Waals surface area (Å²) in [4.78, 5) is 3.46. The van der Waals surface area contributed by atoms with E-state index < -0.39 is 0 Å². The van der Waals surface area contributed by atoms with Crippen LogP contribution < -0.4 is 0 Å². The average Bonchev–Trinajstić information content (AvgIpc) is 2.08. The third-order valence-electron chi connectivity index (χ3n) is 1.60. The van der Waals surface area contributed by atoms with Crippen LogP contribution >= 0.6 is 31.9 Å². The smallest absolute Gasteiger partial charge is 0.247 e. The molecule has 1 atom stereocenters. The summed E-state index contributed by atoms with van der Waals surface area (Å²) in [5.74, 6) is 0. The molecule has 12 heavy (non-hydrogen) atoms. The standard InChI is InChI=1S/C9H7Br2N/c1-6(12-2)8-5-7(10)3-4-9(8)11/h3-6H,1H3. The molecule has 0 aromatic heterocycles. The Morgan fingerprint density at radius 2 is 2.08 bits per heavy atom. The molecular weight excluding hydrogens is 282 g/mol. The van der Waals surface area contributed by atoms with Crippen molar-refractivity contribution in [3.8, 4) is 0 Å². The minimum Gasteiger partial charge on any atom is -0.309 e. The molecule has 0 aliphatic carbocycles. The summed E-state index contributed by atoms with van der Waals surface area (Å²) in [6.45, 7) is 8.79. The van der Waals surface area contributed by atoms with Crippen molar-refractivity contribution in [3.05, 3.63) is 44.1 Å². The van der Waals surface area contributed by atoms with Gasteiger partial charge >= 0.3 is 0 Å². The molecule has 0 aliphatic heterocycles. The molecular formula is C9H7Br2N. The molecule has 1 aromatic rings.